The molecular formula is C19H24N2O4S. The van der Waals surface area contributed by atoms with E-state index in [9.17, 15) is 13.2 Å². The molecule has 140 valence electrons. The van der Waals surface area contributed by atoms with E-state index in [1.165, 1.54) is 0 Å². The number of urea groups is 1. The van der Waals surface area contributed by atoms with Crippen LogP contribution in [0.5, 0.6) is 5.75 Å². The van der Waals surface area contributed by atoms with Crippen molar-refractivity contribution >= 4 is 21.8 Å². The molecule has 2 aromatic carbocycles. The van der Waals surface area contributed by atoms with E-state index in [4.69, 9.17) is 4.18 Å². The largest absolute Gasteiger partial charge is 0.383 e. The molecule has 0 radical (unpaired) electrons. The Kier molecular flexibility index (Phi) is 6.26. The van der Waals surface area contributed by atoms with E-state index in [2.05, 4.69) is 5.32 Å². The molecule has 0 atom stereocenters. The standard InChI is InChI=1S/C19H24N2O4S/c1-14(2)21(19(22)20-17-10-8-15(3)9-11-17)13-16-6-5-7-18(12-16)25-26(4,23)24/h5-12,14H,13H2,1-4H3,(H,20,22). The fourth-order valence-electron chi connectivity index (χ4n) is 2.39. The molecule has 2 amide bonds. The number of benzene rings is 2. The minimum atomic E-state index is -3.59. The monoisotopic (exact) mass is 376 g/mol. The van der Waals surface area contributed by atoms with Gasteiger partial charge in [-0.2, -0.15) is 8.42 Å². The Labute approximate surface area is 154 Å². The highest BCUT2D eigenvalue weighted by Crippen LogP contribution is 2.18. The first-order valence-electron chi connectivity index (χ1n) is 8.27. The second kappa shape index (κ2) is 8.23. The highest BCUT2D eigenvalue weighted by molar-refractivity contribution is 7.86. The van der Waals surface area contributed by atoms with Gasteiger partial charge in [-0.05, 0) is 50.6 Å². The summed E-state index contributed by atoms with van der Waals surface area (Å²) in [7, 11) is -3.59. The van der Waals surface area contributed by atoms with E-state index in [0.717, 1.165) is 23.1 Å². The molecule has 0 fully saturated rings. The smallest absolute Gasteiger partial charge is 0.322 e. The first kappa shape index (κ1) is 19.8. The fraction of sp³-hybridized carbons (Fsp3) is 0.316. The van der Waals surface area contributed by atoms with Crippen LogP contribution in [0.2, 0.25) is 0 Å². The predicted octanol–water partition coefficient (Wildman–Crippen LogP) is 3.78. The van der Waals surface area contributed by atoms with Crippen LogP contribution in [0.25, 0.3) is 0 Å². The highest BCUT2D eigenvalue weighted by Gasteiger charge is 2.18. The molecule has 0 aliphatic rings. The van der Waals surface area contributed by atoms with Crippen molar-refractivity contribution in [3.63, 3.8) is 0 Å². The van der Waals surface area contributed by atoms with E-state index < -0.39 is 10.1 Å². The SMILES string of the molecule is Cc1ccc(NC(=O)N(Cc2cccc(OS(C)(=O)=O)c2)C(C)C)cc1. The normalized spacial score (nSPS) is 11.3. The molecule has 2 aromatic rings. The first-order chi connectivity index (χ1) is 12.1. The number of anilines is 1. The maximum atomic E-state index is 12.6. The van der Waals surface area contributed by atoms with Crippen LogP contribution in [0.1, 0.15) is 25.0 Å². The Morgan fingerprint density at radius 1 is 1.15 bits per heavy atom. The van der Waals surface area contributed by atoms with E-state index in [-0.39, 0.29) is 17.8 Å². The summed E-state index contributed by atoms with van der Waals surface area (Å²) in [6.07, 6.45) is 0.995. The zero-order valence-corrected chi connectivity index (χ0v) is 16.2. The van der Waals surface area contributed by atoms with Crippen LogP contribution in [0.3, 0.4) is 0 Å². The second-order valence-electron chi connectivity index (χ2n) is 6.45. The van der Waals surface area contributed by atoms with Gasteiger partial charge in [-0.1, -0.05) is 29.8 Å². The molecule has 2 rings (SSSR count). The van der Waals surface area contributed by atoms with Crippen LogP contribution in [-0.2, 0) is 16.7 Å². The third-order valence-corrected chi connectivity index (χ3v) is 4.18. The molecule has 7 heteroatoms. The van der Waals surface area contributed by atoms with Gasteiger partial charge in [0.2, 0.25) is 0 Å². The molecule has 6 nitrogen and oxygen atoms in total. The molecule has 26 heavy (non-hydrogen) atoms. The number of nitrogens with zero attached hydrogens (tertiary/aromatic N) is 1. The number of rotatable bonds is 6. The van der Waals surface area contributed by atoms with Crippen LogP contribution >= 0.6 is 0 Å². The topological polar surface area (TPSA) is 75.7 Å². The van der Waals surface area contributed by atoms with Crippen LogP contribution < -0.4 is 9.50 Å². The summed E-state index contributed by atoms with van der Waals surface area (Å²) in [5, 5.41) is 2.88. The lowest BCUT2D eigenvalue weighted by Crippen LogP contribution is -2.39. The van der Waals surface area contributed by atoms with E-state index in [0.29, 0.717) is 6.54 Å². The average Bonchev–Trinajstić information content (AvgIpc) is 2.53. The number of hydrogen-bond acceptors (Lipinski definition) is 4. The summed E-state index contributed by atoms with van der Waals surface area (Å²) in [4.78, 5) is 14.3. The Hall–Kier alpha value is -2.54. The molecule has 1 N–H and O–H groups in total. The second-order valence-corrected chi connectivity index (χ2v) is 8.03. The molecule has 0 saturated carbocycles. The molecule has 0 heterocycles. The van der Waals surface area contributed by atoms with E-state index in [1.807, 2.05) is 51.1 Å². The average molecular weight is 376 g/mol. The number of carbonyl (C=O) groups is 1. The van der Waals surface area contributed by atoms with Gasteiger partial charge in [-0.25, -0.2) is 4.79 Å². The number of amides is 2. The molecule has 0 aliphatic heterocycles. The Balaban J connectivity index is 2.13. The summed E-state index contributed by atoms with van der Waals surface area (Å²) < 4.78 is 27.5. The van der Waals surface area contributed by atoms with Gasteiger partial charge in [0.05, 0.1) is 6.26 Å². The number of aryl methyl sites for hydroxylation is 1. The van der Waals surface area contributed by atoms with Gasteiger partial charge in [0.15, 0.2) is 0 Å². The highest BCUT2D eigenvalue weighted by atomic mass is 32.2. The number of hydrogen-bond donors (Lipinski definition) is 1. The quantitative estimate of drug-likeness (QED) is 0.779. The Bertz CT molecular complexity index is 861. The van der Waals surface area contributed by atoms with Gasteiger partial charge in [0, 0.05) is 18.3 Å². The van der Waals surface area contributed by atoms with Crippen molar-refractivity contribution in [2.75, 3.05) is 11.6 Å². The third kappa shape index (κ3) is 6.07. The van der Waals surface area contributed by atoms with Crippen LogP contribution in [0.4, 0.5) is 10.5 Å². The fourth-order valence-corrected chi connectivity index (χ4v) is 2.84. The Morgan fingerprint density at radius 3 is 2.38 bits per heavy atom. The maximum absolute atomic E-state index is 12.6. The number of nitrogens with one attached hydrogen (secondary N) is 1. The molecule has 0 unspecified atom stereocenters. The van der Waals surface area contributed by atoms with Crippen molar-refractivity contribution in [2.24, 2.45) is 0 Å². The summed E-state index contributed by atoms with van der Waals surface area (Å²) in [6, 6.07) is 14.0. The number of carbonyl (C=O) groups excluding carboxylic acids is 1. The zero-order chi connectivity index (χ0) is 19.3. The lowest BCUT2D eigenvalue weighted by atomic mass is 10.2. The summed E-state index contributed by atoms with van der Waals surface area (Å²) >= 11 is 0. The van der Waals surface area contributed by atoms with Gasteiger partial charge in [-0.15, -0.1) is 0 Å². The minimum Gasteiger partial charge on any atom is -0.383 e. The van der Waals surface area contributed by atoms with Crippen LogP contribution in [0.15, 0.2) is 48.5 Å². The van der Waals surface area contributed by atoms with Crippen molar-refractivity contribution in [3.05, 3.63) is 59.7 Å². The molecule has 0 aromatic heterocycles. The first-order valence-corrected chi connectivity index (χ1v) is 10.1. The molecule has 0 aliphatic carbocycles. The predicted molar refractivity (Wildman–Crippen MR) is 103 cm³/mol. The zero-order valence-electron chi connectivity index (χ0n) is 15.4. The molecular weight excluding hydrogens is 352 g/mol. The van der Waals surface area contributed by atoms with Crippen molar-refractivity contribution in [2.45, 2.75) is 33.4 Å². The maximum Gasteiger partial charge on any atom is 0.322 e. The van der Waals surface area contributed by atoms with Gasteiger partial charge in [0.1, 0.15) is 5.75 Å². The van der Waals surface area contributed by atoms with Gasteiger partial charge < -0.3 is 14.4 Å². The lowest BCUT2D eigenvalue weighted by Gasteiger charge is -2.27. The van der Waals surface area contributed by atoms with Crippen LogP contribution in [-0.4, -0.2) is 31.6 Å². The van der Waals surface area contributed by atoms with Crippen LogP contribution in [0, 0.1) is 6.92 Å². The Morgan fingerprint density at radius 2 is 1.81 bits per heavy atom. The van der Waals surface area contributed by atoms with Gasteiger partial charge >= 0.3 is 16.1 Å². The summed E-state index contributed by atoms with van der Waals surface area (Å²) in [5.74, 6) is 0.229. The molecule has 0 bridgehead atoms. The summed E-state index contributed by atoms with van der Waals surface area (Å²) in [6.45, 7) is 6.16. The van der Waals surface area contributed by atoms with Crippen molar-refractivity contribution in [1.82, 2.24) is 4.90 Å². The minimum absolute atomic E-state index is 0.0417. The lowest BCUT2D eigenvalue weighted by molar-refractivity contribution is 0.193. The van der Waals surface area contributed by atoms with E-state index in [1.54, 1.807) is 23.1 Å². The van der Waals surface area contributed by atoms with Crippen molar-refractivity contribution in [3.8, 4) is 5.75 Å². The van der Waals surface area contributed by atoms with E-state index >= 15 is 0 Å². The molecule has 0 spiro atoms. The van der Waals surface area contributed by atoms with Crippen molar-refractivity contribution in [1.29, 1.82) is 0 Å². The van der Waals surface area contributed by atoms with Crippen molar-refractivity contribution < 1.29 is 17.4 Å². The van der Waals surface area contributed by atoms with Gasteiger partial charge in [0.25, 0.3) is 0 Å². The summed E-state index contributed by atoms with van der Waals surface area (Å²) in [5.41, 5.74) is 2.62. The molecule has 0 saturated heterocycles. The third-order valence-electron chi connectivity index (χ3n) is 3.69. The van der Waals surface area contributed by atoms with Gasteiger partial charge in [-0.3, -0.25) is 0 Å².